The third-order valence-electron chi connectivity index (χ3n) is 4.69. The summed E-state index contributed by atoms with van der Waals surface area (Å²) in [5.41, 5.74) is 0. The first kappa shape index (κ1) is 22.3. The Bertz CT molecular complexity index is 367. The van der Waals surface area contributed by atoms with Gasteiger partial charge in [-0.05, 0) is 6.42 Å². The molecule has 5 atom stereocenters. The van der Waals surface area contributed by atoms with Crippen LogP contribution in [0.3, 0.4) is 0 Å². The van der Waals surface area contributed by atoms with Gasteiger partial charge in [-0.1, -0.05) is 58.3 Å². The highest BCUT2D eigenvalue weighted by atomic mass is 16.6. The molecule has 1 rings (SSSR count). The topological polar surface area (TPSA) is 119 Å². The van der Waals surface area contributed by atoms with Gasteiger partial charge < -0.3 is 30.5 Å². The molecule has 7 nitrogen and oxygen atoms in total. The van der Waals surface area contributed by atoms with Gasteiger partial charge in [0.1, 0.15) is 24.4 Å². The molecule has 0 aromatic rings. The lowest BCUT2D eigenvalue weighted by Gasteiger charge is -2.38. The zero-order valence-corrected chi connectivity index (χ0v) is 15.3. The third kappa shape index (κ3) is 8.46. The van der Waals surface area contributed by atoms with E-state index in [-0.39, 0.29) is 12.5 Å². The van der Waals surface area contributed by atoms with Gasteiger partial charge in [0.05, 0.1) is 0 Å². The number of aliphatic hydroxyl groups is 4. The largest absolute Gasteiger partial charge is 0.388 e. The minimum Gasteiger partial charge on any atom is -0.388 e. The molecule has 1 heterocycles. The fourth-order valence-corrected chi connectivity index (χ4v) is 3.00. The van der Waals surface area contributed by atoms with Gasteiger partial charge in [0.25, 0.3) is 0 Å². The molecule has 1 saturated heterocycles. The number of hydrogen-bond donors (Lipinski definition) is 5. The molecule has 0 radical (unpaired) electrons. The Morgan fingerprint density at radius 1 is 0.840 bits per heavy atom. The van der Waals surface area contributed by atoms with Crippen LogP contribution < -0.4 is 5.32 Å². The summed E-state index contributed by atoms with van der Waals surface area (Å²) in [7, 11) is 0. The van der Waals surface area contributed by atoms with Gasteiger partial charge in [0.15, 0.2) is 6.29 Å². The first-order chi connectivity index (χ1) is 12.0. The fraction of sp³-hybridized carbons (Fsp3) is 0.944. The Balaban J connectivity index is 2.05. The maximum absolute atomic E-state index is 11.8. The van der Waals surface area contributed by atoms with Crippen molar-refractivity contribution in [1.29, 1.82) is 0 Å². The lowest BCUT2D eigenvalue weighted by molar-refractivity contribution is -0.280. The predicted octanol–water partition coefficient (Wildman–Crippen LogP) is 0.823. The van der Waals surface area contributed by atoms with E-state index < -0.39 is 30.7 Å². The van der Waals surface area contributed by atoms with Crippen LogP contribution in [0.1, 0.15) is 71.1 Å². The van der Waals surface area contributed by atoms with Crippen LogP contribution in [-0.4, -0.2) is 63.6 Å². The normalized spacial score (nSPS) is 29.6. The molecule has 0 aromatic carbocycles. The second kappa shape index (κ2) is 12.6. The Hall–Kier alpha value is -0.730. The molecule has 1 unspecified atom stereocenters. The van der Waals surface area contributed by atoms with Crippen LogP contribution in [-0.2, 0) is 9.53 Å². The van der Waals surface area contributed by atoms with Crippen molar-refractivity contribution >= 4 is 5.91 Å². The van der Waals surface area contributed by atoms with E-state index >= 15 is 0 Å². The van der Waals surface area contributed by atoms with E-state index in [1.54, 1.807) is 0 Å². The van der Waals surface area contributed by atoms with Crippen LogP contribution in [0.15, 0.2) is 0 Å². The number of carbonyl (C=O) groups is 1. The van der Waals surface area contributed by atoms with E-state index in [4.69, 9.17) is 4.74 Å². The van der Waals surface area contributed by atoms with Crippen molar-refractivity contribution in [2.75, 3.05) is 6.54 Å². The zero-order valence-electron chi connectivity index (χ0n) is 15.3. The minimum absolute atomic E-state index is 0.0156. The molecule has 7 heteroatoms. The van der Waals surface area contributed by atoms with E-state index in [2.05, 4.69) is 12.2 Å². The summed E-state index contributed by atoms with van der Waals surface area (Å²) >= 11 is 0. The number of aliphatic hydroxyl groups excluding tert-OH is 4. The monoisotopic (exact) mass is 361 g/mol. The highest BCUT2D eigenvalue weighted by Crippen LogP contribution is 2.19. The van der Waals surface area contributed by atoms with Crippen molar-refractivity contribution in [1.82, 2.24) is 5.32 Å². The quantitative estimate of drug-likeness (QED) is 0.328. The average molecular weight is 361 g/mol. The Labute approximate surface area is 150 Å². The molecule has 0 bridgehead atoms. The van der Waals surface area contributed by atoms with E-state index in [0.29, 0.717) is 6.42 Å². The summed E-state index contributed by atoms with van der Waals surface area (Å²) in [6.07, 6.45) is 4.13. The first-order valence-corrected chi connectivity index (χ1v) is 9.61. The van der Waals surface area contributed by atoms with E-state index in [0.717, 1.165) is 19.3 Å². The number of unbranched alkanes of at least 4 members (excludes halogenated alkanes) is 8. The molecule has 25 heavy (non-hydrogen) atoms. The highest BCUT2D eigenvalue weighted by molar-refractivity contribution is 5.75. The maximum Gasteiger partial charge on any atom is 0.220 e. The molecule has 1 fully saturated rings. The summed E-state index contributed by atoms with van der Waals surface area (Å²) < 4.78 is 5.01. The molecular formula is C18H35NO6. The van der Waals surface area contributed by atoms with Crippen LogP contribution in [0.2, 0.25) is 0 Å². The first-order valence-electron chi connectivity index (χ1n) is 9.61. The van der Waals surface area contributed by atoms with Gasteiger partial charge in [-0.3, -0.25) is 4.79 Å². The standard InChI is InChI=1S/C18H35NO6/c1-2-3-4-5-6-7-8-9-10-11-14(20)19-12-13-15(21)16(22)17(23)18(24)25-13/h13,15-18,21-24H,2-12H2,1H3,(H,19,20)/t13-,15+,16+,17-,18?/m1/s1. The molecule has 0 aromatic heterocycles. The summed E-state index contributed by atoms with van der Waals surface area (Å²) in [4.78, 5) is 11.8. The molecule has 5 N–H and O–H groups in total. The van der Waals surface area contributed by atoms with Crippen molar-refractivity contribution in [3.05, 3.63) is 0 Å². The van der Waals surface area contributed by atoms with Crippen LogP contribution >= 0.6 is 0 Å². The Morgan fingerprint density at radius 2 is 1.40 bits per heavy atom. The molecule has 148 valence electrons. The average Bonchev–Trinajstić information content (AvgIpc) is 2.60. The third-order valence-corrected chi connectivity index (χ3v) is 4.69. The van der Waals surface area contributed by atoms with Gasteiger partial charge in [0.2, 0.25) is 5.91 Å². The number of nitrogens with one attached hydrogen (secondary N) is 1. The highest BCUT2D eigenvalue weighted by Gasteiger charge is 2.42. The predicted molar refractivity (Wildman–Crippen MR) is 93.8 cm³/mol. The molecule has 1 aliphatic heterocycles. The Kier molecular flexibility index (Phi) is 11.2. The molecule has 1 amide bonds. The Morgan fingerprint density at radius 3 is 2.00 bits per heavy atom. The van der Waals surface area contributed by atoms with Gasteiger partial charge in [-0.15, -0.1) is 0 Å². The fourth-order valence-electron chi connectivity index (χ4n) is 3.00. The van der Waals surface area contributed by atoms with Gasteiger partial charge in [-0.25, -0.2) is 0 Å². The SMILES string of the molecule is CCCCCCCCCCCC(=O)NC[C@H]1OC(O)[C@H](O)[C@@H](O)[C@H]1O. The van der Waals surface area contributed by atoms with Crippen LogP contribution in [0, 0.1) is 0 Å². The molecule has 0 aliphatic carbocycles. The van der Waals surface area contributed by atoms with E-state index in [9.17, 15) is 25.2 Å². The summed E-state index contributed by atoms with van der Waals surface area (Å²) in [5.74, 6) is -0.145. The van der Waals surface area contributed by atoms with Crippen molar-refractivity contribution < 1.29 is 30.0 Å². The number of carbonyl (C=O) groups excluding carboxylic acids is 1. The van der Waals surface area contributed by atoms with Gasteiger partial charge in [-0.2, -0.15) is 0 Å². The minimum atomic E-state index is -1.57. The summed E-state index contributed by atoms with van der Waals surface area (Å²) in [5, 5.41) is 40.8. The van der Waals surface area contributed by atoms with Crippen LogP contribution in [0.25, 0.3) is 0 Å². The van der Waals surface area contributed by atoms with E-state index in [1.807, 2.05) is 0 Å². The van der Waals surface area contributed by atoms with Gasteiger partial charge in [0, 0.05) is 13.0 Å². The van der Waals surface area contributed by atoms with Crippen molar-refractivity contribution in [2.45, 2.75) is 102 Å². The maximum atomic E-state index is 11.8. The lowest BCUT2D eigenvalue weighted by atomic mass is 9.99. The van der Waals surface area contributed by atoms with Crippen molar-refractivity contribution in [2.24, 2.45) is 0 Å². The number of rotatable bonds is 12. The number of amides is 1. The van der Waals surface area contributed by atoms with Gasteiger partial charge >= 0.3 is 0 Å². The summed E-state index contributed by atoms with van der Waals surface area (Å²) in [6.45, 7) is 2.19. The van der Waals surface area contributed by atoms with Crippen molar-refractivity contribution in [3.8, 4) is 0 Å². The second-order valence-electron chi connectivity index (χ2n) is 6.92. The smallest absolute Gasteiger partial charge is 0.220 e. The molecule has 0 spiro atoms. The molecule has 1 aliphatic rings. The summed E-state index contributed by atoms with van der Waals surface area (Å²) in [6, 6.07) is 0. The number of hydrogen-bond acceptors (Lipinski definition) is 6. The second-order valence-corrected chi connectivity index (χ2v) is 6.92. The van der Waals surface area contributed by atoms with Crippen LogP contribution in [0.4, 0.5) is 0 Å². The number of ether oxygens (including phenoxy) is 1. The van der Waals surface area contributed by atoms with Crippen LogP contribution in [0.5, 0.6) is 0 Å². The molecular weight excluding hydrogens is 326 g/mol. The molecule has 0 saturated carbocycles. The zero-order chi connectivity index (χ0) is 18.7. The van der Waals surface area contributed by atoms with E-state index in [1.165, 1.54) is 38.5 Å². The van der Waals surface area contributed by atoms with Crippen molar-refractivity contribution in [3.63, 3.8) is 0 Å². The lowest BCUT2D eigenvalue weighted by Crippen LogP contribution is -2.59.